The zero-order valence-corrected chi connectivity index (χ0v) is 12.3. The molecule has 4 rings (SSSR count). The first-order valence-corrected chi connectivity index (χ1v) is 7.93. The van der Waals surface area contributed by atoms with Crippen molar-refractivity contribution in [1.82, 2.24) is 0 Å². The Morgan fingerprint density at radius 2 is 1.76 bits per heavy atom. The fourth-order valence-electron chi connectivity index (χ4n) is 3.47. The summed E-state index contributed by atoms with van der Waals surface area (Å²) in [6, 6.07) is 15.6. The van der Waals surface area contributed by atoms with Crippen molar-refractivity contribution < 1.29 is 4.74 Å². The van der Waals surface area contributed by atoms with E-state index in [2.05, 4.69) is 47.8 Å². The molecule has 0 radical (unpaired) electrons. The normalized spacial score (nSPS) is 17.3. The Morgan fingerprint density at radius 3 is 2.67 bits per heavy atom. The van der Waals surface area contributed by atoms with Crippen LogP contribution in [-0.4, -0.2) is 19.8 Å². The van der Waals surface area contributed by atoms with Gasteiger partial charge < -0.3 is 10.1 Å². The van der Waals surface area contributed by atoms with Crippen molar-refractivity contribution in [3.63, 3.8) is 0 Å². The maximum Gasteiger partial charge on any atom is 0.0469 e. The second kappa shape index (κ2) is 5.53. The summed E-state index contributed by atoms with van der Waals surface area (Å²) in [5.41, 5.74) is 6.97. The SMILES string of the molecule is c1ccc2c(c1)Cc1cc(NCC3CCOCC3)ccc1-2. The molecule has 108 valence electrons. The van der Waals surface area contributed by atoms with E-state index < -0.39 is 0 Å². The smallest absolute Gasteiger partial charge is 0.0469 e. The molecule has 1 aliphatic carbocycles. The number of fused-ring (bicyclic) bond motifs is 3. The molecular weight excluding hydrogens is 258 g/mol. The molecule has 1 heterocycles. The Kier molecular flexibility index (Phi) is 3.40. The molecule has 0 spiro atoms. The minimum Gasteiger partial charge on any atom is -0.385 e. The third kappa shape index (κ3) is 2.56. The Bertz CT molecular complexity index is 644. The molecule has 2 heteroatoms. The van der Waals surface area contributed by atoms with Crippen LogP contribution >= 0.6 is 0 Å². The van der Waals surface area contributed by atoms with E-state index in [-0.39, 0.29) is 0 Å². The van der Waals surface area contributed by atoms with Gasteiger partial charge in [-0.1, -0.05) is 30.3 Å². The van der Waals surface area contributed by atoms with E-state index in [1.807, 2.05) is 0 Å². The van der Waals surface area contributed by atoms with Crippen molar-refractivity contribution in [1.29, 1.82) is 0 Å². The van der Waals surface area contributed by atoms with Gasteiger partial charge in [0.2, 0.25) is 0 Å². The van der Waals surface area contributed by atoms with Crippen LogP contribution in [0.3, 0.4) is 0 Å². The number of ether oxygens (including phenoxy) is 1. The molecule has 2 aromatic rings. The maximum absolute atomic E-state index is 5.42. The summed E-state index contributed by atoms with van der Waals surface area (Å²) in [6.07, 6.45) is 3.44. The van der Waals surface area contributed by atoms with Gasteiger partial charge in [0.25, 0.3) is 0 Å². The predicted octanol–water partition coefficient (Wildman–Crippen LogP) is 4.10. The number of hydrogen-bond donors (Lipinski definition) is 1. The molecule has 1 fully saturated rings. The Hall–Kier alpha value is -1.80. The summed E-state index contributed by atoms with van der Waals surface area (Å²) >= 11 is 0. The fourth-order valence-corrected chi connectivity index (χ4v) is 3.47. The lowest BCUT2D eigenvalue weighted by atomic mass is 10.00. The molecule has 21 heavy (non-hydrogen) atoms. The van der Waals surface area contributed by atoms with Gasteiger partial charge in [0.15, 0.2) is 0 Å². The lowest BCUT2D eigenvalue weighted by molar-refractivity contribution is 0.0699. The Morgan fingerprint density at radius 1 is 0.952 bits per heavy atom. The Labute approximate surface area is 126 Å². The monoisotopic (exact) mass is 279 g/mol. The topological polar surface area (TPSA) is 21.3 Å². The van der Waals surface area contributed by atoms with Crippen LogP contribution in [0, 0.1) is 5.92 Å². The van der Waals surface area contributed by atoms with Gasteiger partial charge in [-0.15, -0.1) is 0 Å². The van der Waals surface area contributed by atoms with E-state index in [9.17, 15) is 0 Å². The average molecular weight is 279 g/mol. The summed E-state index contributed by atoms with van der Waals surface area (Å²) in [6.45, 7) is 2.91. The summed E-state index contributed by atoms with van der Waals surface area (Å²) < 4.78 is 5.42. The summed E-state index contributed by atoms with van der Waals surface area (Å²) in [5.74, 6) is 0.754. The minimum atomic E-state index is 0.754. The van der Waals surface area contributed by atoms with Crippen LogP contribution in [0.25, 0.3) is 11.1 Å². The second-order valence-corrected chi connectivity index (χ2v) is 6.14. The van der Waals surface area contributed by atoms with Gasteiger partial charge in [0.05, 0.1) is 0 Å². The van der Waals surface area contributed by atoms with Crippen LogP contribution in [0.1, 0.15) is 24.0 Å². The van der Waals surface area contributed by atoms with Crippen LogP contribution in [-0.2, 0) is 11.2 Å². The molecular formula is C19H21NO. The molecule has 2 aliphatic rings. The highest BCUT2D eigenvalue weighted by molar-refractivity contribution is 5.78. The molecule has 2 aromatic carbocycles. The quantitative estimate of drug-likeness (QED) is 0.779. The first kappa shape index (κ1) is 12.9. The third-order valence-corrected chi connectivity index (χ3v) is 4.73. The van der Waals surface area contributed by atoms with Crippen molar-refractivity contribution in [2.24, 2.45) is 5.92 Å². The third-order valence-electron chi connectivity index (χ3n) is 4.73. The molecule has 0 saturated carbocycles. The Balaban J connectivity index is 1.48. The maximum atomic E-state index is 5.42. The van der Waals surface area contributed by atoms with E-state index in [0.717, 1.165) is 32.1 Å². The van der Waals surface area contributed by atoms with Gasteiger partial charge in [-0.25, -0.2) is 0 Å². The van der Waals surface area contributed by atoms with E-state index in [1.165, 1.54) is 40.8 Å². The number of anilines is 1. The zero-order valence-electron chi connectivity index (χ0n) is 12.3. The van der Waals surface area contributed by atoms with Gasteiger partial charge in [-0.3, -0.25) is 0 Å². The highest BCUT2D eigenvalue weighted by atomic mass is 16.5. The average Bonchev–Trinajstić information content (AvgIpc) is 2.91. The van der Waals surface area contributed by atoms with Gasteiger partial charge in [-0.2, -0.15) is 0 Å². The molecule has 2 nitrogen and oxygen atoms in total. The van der Waals surface area contributed by atoms with Crippen molar-refractivity contribution in [2.75, 3.05) is 25.1 Å². The largest absolute Gasteiger partial charge is 0.385 e. The van der Waals surface area contributed by atoms with E-state index in [1.54, 1.807) is 0 Å². The molecule has 0 aromatic heterocycles. The lowest BCUT2D eigenvalue weighted by Gasteiger charge is -2.22. The van der Waals surface area contributed by atoms with Crippen molar-refractivity contribution in [2.45, 2.75) is 19.3 Å². The van der Waals surface area contributed by atoms with E-state index in [4.69, 9.17) is 4.74 Å². The van der Waals surface area contributed by atoms with Crippen LogP contribution in [0.5, 0.6) is 0 Å². The highest BCUT2D eigenvalue weighted by Gasteiger charge is 2.18. The van der Waals surface area contributed by atoms with Crippen LogP contribution in [0.2, 0.25) is 0 Å². The number of nitrogens with one attached hydrogen (secondary N) is 1. The summed E-state index contributed by atoms with van der Waals surface area (Å²) in [7, 11) is 0. The first-order valence-electron chi connectivity index (χ1n) is 7.93. The van der Waals surface area contributed by atoms with Crippen molar-refractivity contribution in [3.8, 4) is 11.1 Å². The molecule has 1 aliphatic heterocycles. The van der Waals surface area contributed by atoms with Crippen molar-refractivity contribution >= 4 is 5.69 Å². The molecule has 1 saturated heterocycles. The molecule has 1 N–H and O–H groups in total. The first-order chi connectivity index (χ1) is 10.4. The van der Waals surface area contributed by atoms with Gasteiger partial charge in [0.1, 0.15) is 0 Å². The van der Waals surface area contributed by atoms with E-state index in [0.29, 0.717) is 0 Å². The summed E-state index contributed by atoms with van der Waals surface area (Å²) in [5, 5.41) is 3.62. The number of benzene rings is 2. The van der Waals surface area contributed by atoms with E-state index >= 15 is 0 Å². The fraction of sp³-hybridized carbons (Fsp3) is 0.368. The predicted molar refractivity (Wildman–Crippen MR) is 86.7 cm³/mol. The van der Waals surface area contributed by atoms with Gasteiger partial charge in [0, 0.05) is 25.4 Å². The minimum absolute atomic E-state index is 0.754. The van der Waals surface area contributed by atoms with Crippen molar-refractivity contribution in [3.05, 3.63) is 53.6 Å². The second-order valence-electron chi connectivity index (χ2n) is 6.14. The van der Waals surface area contributed by atoms with Gasteiger partial charge >= 0.3 is 0 Å². The molecule has 0 bridgehead atoms. The highest BCUT2D eigenvalue weighted by Crippen LogP contribution is 2.37. The molecule has 0 atom stereocenters. The van der Waals surface area contributed by atoms with Crippen LogP contribution < -0.4 is 5.32 Å². The van der Waals surface area contributed by atoms with Crippen LogP contribution in [0.15, 0.2) is 42.5 Å². The number of rotatable bonds is 3. The molecule has 0 amide bonds. The zero-order chi connectivity index (χ0) is 14.1. The standard InChI is InChI=1S/C19H21NO/c1-2-4-18-15(3-1)11-16-12-17(5-6-19(16)18)20-13-14-7-9-21-10-8-14/h1-6,12,14,20H,7-11,13H2. The lowest BCUT2D eigenvalue weighted by Crippen LogP contribution is -2.22. The number of hydrogen-bond acceptors (Lipinski definition) is 2. The van der Waals surface area contributed by atoms with Gasteiger partial charge in [-0.05, 0) is 59.6 Å². The van der Waals surface area contributed by atoms with Crippen LogP contribution in [0.4, 0.5) is 5.69 Å². The molecule has 0 unspecified atom stereocenters. The summed E-state index contributed by atoms with van der Waals surface area (Å²) in [4.78, 5) is 0.